The number of carbonyl (C=O) groups excluding carboxylic acids is 4. The molecule has 14 heteroatoms. The molecule has 0 spiro atoms. The molecule has 52 heavy (non-hydrogen) atoms. The van der Waals surface area contributed by atoms with Crippen LogP contribution in [0.25, 0.3) is 0 Å². The average Bonchev–Trinajstić information content (AvgIpc) is 3.22. The van der Waals surface area contributed by atoms with E-state index in [1.165, 1.54) is 47.8 Å². The monoisotopic (exact) mass is 767 g/mol. The molecule has 1 aliphatic rings. The number of nitrogens with zero attached hydrogens (tertiary/aromatic N) is 1. The Morgan fingerprint density at radius 2 is 1.60 bits per heavy atom. The Bertz CT molecular complexity index is 1730. The fraction of sp³-hybridized carbons (Fsp3) is 0.395. The molecule has 4 rings (SSSR count). The summed E-state index contributed by atoms with van der Waals surface area (Å²) < 4.78 is 6.04. The molecule has 0 aliphatic carbocycles. The molecule has 0 unspecified atom stereocenters. The number of fused-ring (bicyclic) bond motifs is 1. The van der Waals surface area contributed by atoms with E-state index in [0.717, 1.165) is 37.4 Å². The number of phenolic OH excluding ortho intramolecular Hbond substituents is 1. The van der Waals surface area contributed by atoms with E-state index in [9.17, 15) is 34.2 Å². The zero-order valence-electron chi connectivity index (χ0n) is 29.7. The van der Waals surface area contributed by atoms with Crippen LogP contribution >= 0.6 is 35.3 Å². The van der Waals surface area contributed by atoms with Gasteiger partial charge >= 0.3 is 5.97 Å². The first kappa shape index (κ1) is 40.6. The predicted molar refractivity (Wildman–Crippen MR) is 207 cm³/mol. The number of aliphatic carboxylic acids is 1. The number of benzene rings is 3. The van der Waals surface area contributed by atoms with E-state index in [4.69, 9.17) is 4.74 Å². The van der Waals surface area contributed by atoms with Gasteiger partial charge in [0, 0.05) is 16.3 Å². The van der Waals surface area contributed by atoms with Gasteiger partial charge in [-0.3, -0.25) is 24.1 Å². The van der Waals surface area contributed by atoms with Crippen molar-refractivity contribution >= 4 is 75.5 Å². The Morgan fingerprint density at radius 1 is 0.942 bits per heavy atom. The van der Waals surface area contributed by atoms with Crippen molar-refractivity contribution in [1.29, 1.82) is 0 Å². The summed E-state index contributed by atoms with van der Waals surface area (Å²) in [6.07, 6.45) is 7.53. The van der Waals surface area contributed by atoms with Gasteiger partial charge in [0.2, 0.25) is 16.9 Å². The van der Waals surface area contributed by atoms with E-state index in [2.05, 4.69) is 10.6 Å². The normalized spacial score (nSPS) is 14.9. The van der Waals surface area contributed by atoms with Crippen molar-refractivity contribution in [3.63, 3.8) is 0 Å². The van der Waals surface area contributed by atoms with Crippen LogP contribution in [-0.2, 0) is 24.0 Å². The zero-order chi connectivity index (χ0) is 37.8. The fourth-order valence-electron chi connectivity index (χ4n) is 5.91. The Hall–Kier alpha value is -4.14. The molecule has 2 atom stereocenters. The number of phenols is 1. The van der Waals surface area contributed by atoms with Gasteiger partial charge < -0.3 is 25.6 Å². The molecule has 0 saturated carbocycles. The molecular weight excluding hydrogens is 723 g/mol. The number of unbranched alkanes of at least 4 members (excludes halogenated alkanes) is 2. The number of amides is 3. The molecule has 1 aliphatic heterocycles. The number of ether oxygens (including phenoxy) is 1. The third kappa shape index (κ3) is 9.64. The molecule has 0 fully saturated rings. The summed E-state index contributed by atoms with van der Waals surface area (Å²) in [5.74, 6) is -2.51. The van der Waals surface area contributed by atoms with Gasteiger partial charge in [-0.1, -0.05) is 69.9 Å². The summed E-state index contributed by atoms with van der Waals surface area (Å²) in [6, 6.07) is 15.9. The first-order valence-electron chi connectivity index (χ1n) is 17.1. The van der Waals surface area contributed by atoms with E-state index < -0.39 is 41.9 Å². The van der Waals surface area contributed by atoms with Gasteiger partial charge in [0.25, 0.3) is 5.91 Å². The topological polar surface area (TPSA) is 162 Å². The molecule has 0 bridgehead atoms. The molecule has 1 heterocycles. The molecule has 3 aromatic carbocycles. The number of thioether (sulfide) groups is 3. The molecule has 4 N–H and O–H groups in total. The highest BCUT2D eigenvalue weighted by Crippen LogP contribution is 2.51. The smallest absolute Gasteiger partial charge is 0.327 e. The third-order valence-electron chi connectivity index (χ3n) is 8.72. The van der Waals surface area contributed by atoms with Crippen LogP contribution in [0, 0.1) is 5.41 Å². The van der Waals surface area contributed by atoms with E-state index in [-0.39, 0.29) is 22.5 Å². The summed E-state index contributed by atoms with van der Waals surface area (Å²) in [5, 5.41) is 24.3. The number of carbonyl (C=O) groups is 5. The molecule has 278 valence electrons. The van der Waals surface area contributed by atoms with Crippen molar-refractivity contribution in [2.24, 2.45) is 5.41 Å². The standard InChI is InChI=1S/C38H45N3O8S3/c1-5-7-18-38(19-8-6-2)36(47)41(25-12-10-9-11-13-25)28-20-31(51-4)29(21-30(28)52-37(38)48)49-22-32(43)40-33(24-14-16-26(42)17-15-24)34(44)39-27(23-50-3)35(45)46/h9-17,20-21,27,33,42H,5-8,18-19,22-23H2,1-4H3,(H,39,44)(H,40,43)(H,45,46)/t27-,33-/m1/s1. The third-order valence-corrected chi connectivity index (χ3v) is 11.3. The highest BCUT2D eigenvalue weighted by atomic mass is 32.2. The second kappa shape index (κ2) is 19.1. The summed E-state index contributed by atoms with van der Waals surface area (Å²) in [7, 11) is 0. The molecule has 11 nitrogen and oxygen atoms in total. The first-order chi connectivity index (χ1) is 25.0. The number of para-hydroxylation sites is 1. The van der Waals surface area contributed by atoms with Crippen LogP contribution < -0.4 is 20.3 Å². The Balaban J connectivity index is 1.67. The van der Waals surface area contributed by atoms with Crippen LogP contribution in [0.15, 0.2) is 76.5 Å². The van der Waals surface area contributed by atoms with Crippen molar-refractivity contribution < 1.29 is 38.9 Å². The Kier molecular flexibility index (Phi) is 14.9. The second-order valence-corrected chi connectivity index (χ2v) is 15.1. The molecule has 0 saturated heterocycles. The lowest BCUT2D eigenvalue weighted by atomic mass is 9.77. The van der Waals surface area contributed by atoms with Crippen molar-refractivity contribution in [2.75, 3.05) is 29.8 Å². The van der Waals surface area contributed by atoms with Gasteiger partial charge in [-0.05, 0) is 79.1 Å². The average molecular weight is 768 g/mol. The largest absolute Gasteiger partial charge is 0.508 e. The maximum Gasteiger partial charge on any atom is 0.327 e. The van der Waals surface area contributed by atoms with Crippen molar-refractivity contribution in [3.8, 4) is 11.5 Å². The predicted octanol–water partition coefficient (Wildman–Crippen LogP) is 6.95. The van der Waals surface area contributed by atoms with Crippen LogP contribution in [-0.4, -0.2) is 69.9 Å². The van der Waals surface area contributed by atoms with E-state index in [1.807, 2.05) is 50.4 Å². The number of hydrogen-bond donors (Lipinski definition) is 4. The van der Waals surface area contributed by atoms with E-state index in [0.29, 0.717) is 45.3 Å². The lowest BCUT2D eigenvalue weighted by Crippen LogP contribution is -2.49. The second-order valence-electron chi connectivity index (χ2n) is 12.4. The van der Waals surface area contributed by atoms with Crippen LogP contribution in [0.1, 0.15) is 64.0 Å². The number of anilines is 2. The molecule has 0 radical (unpaired) electrons. The van der Waals surface area contributed by atoms with E-state index >= 15 is 0 Å². The van der Waals surface area contributed by atoms with Gasteiger partial charge in [-0.15, -0.1) is 11.8 Å². The van der Waals surface area contributed by atoms with Crippen molar-refractivity contribution in [1.82, 2.24) is 10.6 Å². The van der Waals surface area contributed by atoms with Crippen molar-refractivity contribution in [2.45, 2.75) is 74.2 Å². The van der Waals surface area contributed by atoms with Gasteiger partial charge in [0.15, 0.2) is 6.61 Å². The zero-order valence-corrected chi connectivity index (χ0v) is 32.1. The Labute approximate surface area is 317 Å². The van der Waals surface area contributed by atoms with E-state index in [1.54, 1.807) is 23.3 Å². The molecule has 3 aromatic rings. The molecular formula is C38H45N3O8S3. The van der Waals surface area contributed by atoms with Crippen LogP contribution in [0.5, 0.6) is 11.5 Å². The van der Waals surface area contributed by atoms with Crippen LogP contribution in [0.4, 0.5) is 11.4 Å². The minimum atomic E-state index is -1.29. The fourth-order valence-corrected chi connectivity index (χ4v) is 8.13. The number of nitrogens with one attached hydrogen (secondary N) is 2. The number of aromatic hydroxyl groups is 1. The molecule has 0 aromatic heterocycles. The lowest BCUT2D eigenvalue weighted by Gasteiger charge is -2.34. The summed E-state index contributed by atoms with van der Waals surface area (Å²) in [6.45, 7) is 3.56. The highest BCUT2D eigenvalue weighted by Gasteiger charge is 2.50. The number of carboxylic acids is 1. The van der Waals surface area contributed by atoms with Gasteiger partial charge in [-0.25, -0.2) is 4.79 Å². The maximum absolute atomic E-state index is 14.7. The SMILES string of the molecule is CCCCC1(CCCC)C(=O)Sc2cc(OCC(=O)N[C@@H](C(=O)N[C@H](CSC)C(=O)O)c3ccc(O)cc3)c(SC)cc2N(c2ccccc2)C1=O. The Morgan fingerprint density at radius 3 is 2.17 bits per heavy atom. The minimum Gasteiger partial charge on any atom is -0.508 e. The van der Waals surface area contributed by atoms with Gasteiger partial charge in [0.05, 0.1) is 10.6 Å². The summed E-state index contributed by atoms with van der Waals surface area (Å²) >= 11 is 3.62. The maximum atomic E-state index is 14.7. The summed E-state index contributed by atoms with van der Waals surface area (Å²) in [4.78, 5) is 70.2. The van der Waals surface area contributed by atoms with Gasteiger partial charge in [-0.2, -0.15) is 11.8 Å². The quantitative estimate of drug-likeness (QED) is 0.0783. The number of hydrogen-bond acceptors (Lipinski definition) is 10. The van der Waals surface area contributed by atoms with Gasteiger partial charge in [0.1, 0.15) is 29.0 Å². The number of rotatable bonds is 18. The highest BCUT2D eigenvalue weighted by molar-refractivity contribution is 8.14. The van der Waals surface area contributed by atoms with Crippen molar-refractivity contribution in [3.05, 3.63) is 72.3 Å². The lowest BCUT2D eigenvalue weighted by molar-refractivity contribution is -0.141. The summed E-state index contributed by atoms with van der Waals surface area (Å²) in [5.41, 5.74) is 0.295. The first-order valence-corrected chi connectivity index (χ1v) is 20.5. The van der Waals surface area contributed by atoms with Crippen LogP contribution in [0.2, 0.25) is 0 Å². The molecule has 3 amide bonds. The minimum absolute atomic E-state index is 0.0481. The van der Waals surface area contributed by atoms with Crippen LogP contribution in [0.3, 0.4) is 0 Å². The number of carboxylic acid groups (broad SMARTS) is 1.